The van der Waals surface area contributed by atoms with Crippen molar-refractivity contribution in [3.63, 3.8) is 0 Å². The molecular weight excluding hydrogens is 242 g/mol. The molecule has 0 radical (unpaired) electrons. The van der Waals surface area contributed by atoms with Crippen LogP contribution in [0.15, 0.2) is 0 Å². The topological polar surface area (TPSA) is 75.6 Å². The number of Topliss-reactive ketones (excluding diaryl/α,β-unsaturated/α-hetero) is 1. The van der Waals surface area contributed by atoms with Crippen LogP contribution in [0.25, 0.3) is 0 Å². The first-order valence-corrected chi connectivity index (χ1v) is 4.81. The van der Waals surface area contributed by atoms with Crippen molar-refractivity contribution in [3.8, 4) is 0 Å². The molecule has 6 heteroatoms. The summed E-state index contributed by atoms with van der Waals surface area (Å²) >= 11 is 2.97. The number of alkyl halides is 1. The fraction of sp³-hybridized carbons (Fsp3) is 0.714. The second-order valence-electron chi connectivity index (χ2n) is 2.38. The van der Waals surface area contributed by atoms with Crippen LogP contribution in [0, 0.1) is 0 Å². The summed E-state index contributed by atoms with van der Waals surface area (Å²) in [7, 11) is 1.50. The Bertz CT molecular complexity index is 185. The van der Waals surface area contributed by atoms with Crippen molar-refractivity contribution >= 4 is 27.8 Å². The number of ether oxygens (including phenoxy) is 1. The molecule has 1 unspecified atom stereocenters. The quantitative estimate of drug-likeness (QED) is 0.681. The first-order chi connectivity index (χ1) is 6.11. The van der Waals surface area contributed by atoms with E-state index in [1.165, 1.54) is 7.11 Å². The minimum absolute atomic E-state index is 0.141. The molecule has 5 nitrogen and oxygen atoms in total. The van der Waals surface area contributed by atoms with Crippen LogP contribution < -0.4 is 5.32 Å². The zero-order valence-corrected chi connectivity index (χ0v) is 8.83. The van der Waals surface area contributed by atoms with Crippen molar-refractivity contribution in [2.24, 2.45) is 0 Å². The molecule has 0 fully saturated rings. The van der Waals surface area contributed by atoms with Gasteiger partial charge < -0.3 is 15.2 Å². The fourth-order valence-electron chi connectivity index (χ4n) is 0.792. The van der Waals surface area contributed by atoms with Gasteiger partial charge in [-0.3, -0.25) is 4.79 Å². The van der Waals surface area contributed by atoms with E-state index < -0.39 is 12.1 Å². The molecule has 13 heavy (non-hydrogen) atoms. The third kappa shape index (κ3) is 5.59. The molecule has 0 heterocycles. The predicted molar refractivity (Wildman–Crippen MR) is 50.2 cm³/mol. The van der Waals surface area contributed by atoms with Gasteiger partial charge in [-0.05, 0) is 6.42 Å². The molecule has 0 spiro atoms. The van der Waals surface area contributed by atoms with E-state index in [0.29, 0.717) is 13.0 Å². The number of carboxylic acid groups (broad SMARTS) is 1. The maximum absolute atomic E-state index is 11.1. The highest BCUT2D eigenvalue weighted by molar-refractivity contribution is 9.09. The van der Waals surface area contributed by atoms with Crippen molar-refractivity contribution in [2.75, 3.05) is 19.0 Å². The number of hydrogen-bond donors (Lipinski definition) is 2. The second kappa shape index (κ2) is 6.85. The smallest absolute Gasteiger partial charge is 0.405 e. The molecule has 0 aliphatic rings. The summed E-state index contributed by atoms with van der Waals surface area (Å²) in [5, 5.41) is 10.7. The van der Waals surface area contributed by atoms with E-state index in [1.54, 1.807) is 0 Å². The lowest BCUT2D eigenvalue weighted by Crippen LogP contribution is -2.41. The Hall–Kier alpha value is -0.620. The Morgan fingerprint density at radius 2 is 2.23 bits per heavy atom. The van der Waals surface area contributed by atoms with Crippen LogP contribution in [-0.4, -0.2) is 42.1 Å². The molecule has 0 bridgehead atoms. The average molecular weight is 254 g/mol. The maximum Gasteiger partial charge on any atom is 0.405 e. The summed E-state index contributed by atoms with van der Waals surface area (Å²) in [6.45, 7) is 0.351. The van der Waals surface area contributed by atoms with Crippen LogP contribution in [0.1, 0.15) is 6.42 Å². The summed E-state index contributed by atoms with van der Waals surface area (Å²) in [6.07, 6.45) is -0.844. The Morgan fingerprint density at radius 1 is 1.62 bits per heavy atom. The number of nitrogens with one attached hydrogen (secondary N) is 1. The first kappa shape index (κ1) is 12.4. The van der Waals surface area contributed by atoms with Crippen molar-refractivity contribution in [1.82, 2.24) is 5.32 Å². The lowest BCUT2D eigenvalue weighted by Gasteiger charge is -2.13. The molecule has 0 saturated carbocycles. The van der Waals surface area contributed by atoms with Crippen molar-refractivity contribution in [2.45, 2.75) is 12.5 Å². The highest BCUT2D eigenvalue weighted by atomic mass is 79.9. The number of methoxy groups -OCH3 is 1. The summed E-state index contributed by atoms with van der Waals surface area (Å²) in [5.41, 5.74) is 0. The number of rotatable bonds is 6. The van der Waals surface area contributed by atoms with Gasteiger partial charge in [-0.25, -0.2) is 4.79 Å². The Balaban J connectivity index is 4.02. The molecule has 0 rings (SSSR count). The molecule has 0 aromatic heterocycles. The van der Waals surface area contributed by atoms with Gasteiger partial charge in [-0.1, -0.05) is 15.9 Å². The summed E-state index contributed by atoms with van der Waals surface area (Å²) in [5.74, 6) is -0.195. The van der Waals surface area contributed by atoms with Crippen LogP contribution in [0.2, 0.25) is 0 Å². The zero-order chi connectivity index (χ0) is 10.3. The Morgan fingerprint density at radius 3 is 2.62 bits per heavy atom. The van der Waals surface area contributed by atoms with Crippen LogP contribution in [0.3, 0.4) is 0 Å². The average Bonchev–Trinajstić information content (AvgIpc) is 2.10. The highest BCUT2D eigenvalue weighted by Crippen LogP contribution is 1.97. The Kier molecular flexibility index (Phi) is 6.52. The highest BCUT2D eigenvalue weighted by Gasteiger charge is 2.18. The lowest BCUT2D eigenvalue weighted by atomic mass is 10.1. The summed E-state index contributed by atoms with van der Waals surface area (Å²) in [6, 6.07) is -0.683. The van der Waals surface area contributed by atoms with E-state index in [1.807, 2.05) is 0 Å². The number of carbonyl (C=O) groups is 2. The lowest BCUT2D eigenvalue weighted by molar-refractivity contribution is -0.118. The van der Waals surface area contributed by atoms with Crippen LogP contribution in [0.5, 0.6) is 0 Å². The molecule has 76 valence electrons. The molecular formula is C7H12BrNO4. The van der Waals surface area contributed by atoms with Gasteiger partial charge in [0.2, 0.25) is 0 Å². The van der Waals surface area contributed by atoms with Gasteiger partial charge in [0.05, 0.1) is 11.4 Å². The molecule has 0 aromatic rings. The molecule has 0 saturated heterocycles. The Labute approximate surface area is 84.6 Å². The van der Waals surface area contributed by atoms with Crippen LogP contribution in [-0.2, 0) is 9.53 Å². The van der Waals surface area contributed by atoms with Crippen molar-refractivity contribution in [3.05, 3.63) is 0 Å². The van der Waals surface area contributed by atoms with Gasteiger partial charge in [0.25, 0.3) is 0 Å². The SMILES string of the molecule is COCCC(NC(=O)O)C(=O)CBr. The standard InChI is InChI=1S/C7H12BrNO4/c1-13-3-2-5(6(10)4-8)9-7(11)12/h5,9H,2-4H2,1H3,(H,11,12). The monoisotopic (exact) mass is 253 g/mol. The van der Waals surface area contributed by atoms with Gasteiger partial charge >= 0.3 is 6.09 Å². The molecule has 0 aliphatic carbocycles. The molecule has 1 amide bonds. The fourth-order valence-corrected chi connectivity index (χ4v) is 1.18. The van der Waals surface area contributed by atoms with E-state index in [2.05, 4.69) is 21.2 Å². The number of halogens is 1. The van der Waals surface area contributed by atoms with E-state index >= 15 is 0 Å². The molecule has 0 aliphatic heterocycles. The maximum atomic E-state index is 11.1. The van der Waals surface area contributed by atoms with Gasteiger partial charge in [0.1, 0.15) is 0 Å². The first-order valence-electron chi connectivity index (χ1n) is 3.69. The van der Waals surface area contributed by atoms with E-state index in [0.717, 1.165) is 0 Å². The predicted octanol–water partition coefficient (Wildman–Crippen LogP) is 0.623. The van der Waals surface area contributed by atoms with Gasteiger partial charge in [-0.2, -0.15) is 0 Å². The minimum atomic E-state index is -1.20. The van der Waals surface area contributed by atoms with E-state index in [-0.39, 0.29) is 11.1 Å². The number of carbonyl (C=O) groups excluding carboxylic acids is 1. The van der Waals surface area contributed by atoms with Crippen molar-refractivity contribution in [1.29, 1.82) is 0 Å². The van der Waals surface area contributed by atoms with Gasteiger partial charge in [0, 0.05) is 13.7 Å². The van der Waals surface area contributed by atoms with Crippen LogP contribution in [0.4, 0.5) is 4.79 Å². The summed E-state index contributed by atoms with van der Waals surface area (Å²) < 4.78 is 4.75. The molecule has 1 atom stereocenters. The number of hydrogen-bond acceptors (Lipinski definition) is 3. The number of amides is 1. The summed E-state index contributed by atoms with van der Waals surface area (Å²) in [4.78, 5) is 21.4. The van der Waals surface area contributed by atoms with E-state index in [4.69, 9.17) is 9.84 Å². The number of ketones is 1. The third-order valence-corrected chi connectivity index (χ3v) is 1.98. The van der Waals surface area contributed by atoms with Crippen molar-refractivity contribution < 1.29 is 19.4 Å². The molecule has 0 aromatic carbocycles. The minimum Gasteiger partial charge on any atom is -0.465 e. The largest absolute Gasteiger partial charge is 0.465 e. The van der Waals surface area contributed by atoms with E-state index in [9.17, 15) is 9.59 Å². The molecule has 2 N–H and O–H groups in total. The second-order valence-corrected chi connectivity index (χ2v) is 2.94. The van der Waals surface area contributed by atoms with Crippen LogP contribution >= 0.6 is 15.9 Å². The van der Waals surface area contributed by atoms with Gasteiger partial charge in [0.15, 0.2) is 5.78 Å². The third-order valence-electron chi connectivity index (χ3n) is 1.43. The zero-order valence-electron chi connectivity index (χ0n) is 7.25. The van der Waals surface area contributed by atoms with Gasteiger partial charge in [-0.15, -0.1) is 0 Å². The normalized spacial score (nSPS) is 12.2.